The van der Waals surface area contributed by atoms with Crippen LogP contribution in [-0.2, 0) is 6.54 Å². The number of aliphatic hydroxyl groups excluding tert-OH is 1. The molecule has 0 saturated carbocycles. The van der Waals surface area contributed by atoms with Gasteiger partial charge in [0.25, 0.3) is 0 Å². The summed E-state index contributed by atoms with van der Waals surface area (Å²) in [7, 11) is 0. The van der Waals surface area contributed by atoms with Crippen LogP contribution in [0.1, 0.15) is 31.4 Å². The van der Waals surface area contributed by atoms with Gasteiger partial charge in [-0.05, 0) is 24.8 Å². The molecular formula is C14H23NO. The summed E-state index contributed by atoms with van der Waals surface area (Å²) in [5.74, 6) is 0.553. The van der Waals surface area contributed by atoms with Crippen LogP contribution in [0.25, 0.3) is 0 Å². The van der Waals surface area contributed by atoms with Crippen LogP contribution in [0.4, 0.5) is 0 Å². The topological polar surface area (TPSA) is 32.3 Å². The van der Waals surface area contributed by atoms with E-state index < -0.39 is 0 Å². The van der Waals surface area contributed by atoms with Crippen molar-refractivity contribution in [2.45, 2.75) is 39.8 Å². The van der Waals surface area contributed by atoms with Gasteiger partial charge in [0, 0.05) is 19.2 Å². The van der Waals surface area contributed by atoms with Crippen molar-refractivity contribution in [2.24, 2.45) is 5.92 Å². The second-order valence-electron chi connectivity index (χ2n) is 4.73. The highest BCUT2D eigenvalue weighted by Gasteiger charge is 2.11. The largest absolute Gasteiger partial charge is 0.396 e. The van der Waals surface area contributed by atoms with Crippen LogP contribution in [0.2, 0.25) is 0 Å². The van der Waals surface area contributed by atoms with Gasteiger partial charge in [0.2, 0.25) is 0 Å². The van der Waals surface area contributed by atoms with Gasteiger partial charge in [-0.2, -0.15) is 0 Å². The van der Waals surface area contributed by atoms with E-state index in [1.807, 2.05) is 0 Å². The Morgan fingerprint density at radius 2 is 2.06 bits per heavy atom. The minimum Gasteiger partial charge on any atom is -0.396 e. The predicted octanol–water partition coefficient (Wildman–Crippen LogP) is 2.49. The van der Waals surface area contributed by atoms with Crippen molar-refractivity contribution in [2.75, 3.05) is 6.61 Å². The minimum absolute atomic E-state index is 0.254. The van der Waals surface area contributed by atoms with E-state index in [1.54, 1.807) is 0 Å². The molecule has 0 amide bonds. The first-order chi connectivity index (χ1) is 7.63. The van der Waals surface area contributed by atoms with Crippen LogP contribution < -0.4 is 5.32 Å². The molecule has 1 aromatic rings. The fourth-order valence-corrected chi connectivity index (χ4v) is 1.88. The maximum Gasteiger partial charge on any atom is 0.0445 e. The van der Waals surface area contributed by atoms with Crippen molar-refractivity contribution in [1.82, 2.24) is 5.32 Å². The van der Waals surface area contributed by atoms with Gasteiger partial charge in [-0.25, -0.2) is 0 Å². The van der Waals surface area contributed by atoms with Crippen LogP contribution in [0, 0.1) is 12.8 Å². The quantitative estimate of drug-likeness (QED) is 0.773. The third-order valence-electron chi connectivity index (χ3n) is 2.90. The fraction of sp³-hybridized carbons (Fsp3) is 0.571. The Balaban J connectivity index is 2.48. The summed E-state index contributed by atoms with van der Waals surface area (Å²) in [6, 6.07) is 8.92. The summed E-state index contributed by atoms with van der Waals surface area (Å²) >= 11 is 0. The molecule has 1 unspecified atom stereocenters. The van der Waals surface area contributed by atoms with E-state index in [1.165, 1.54) is 11.1 Å². The second-order valence-corrected chi connectivity index (χ2v) is 4.73. The summed E-state index contributed by atoms with van der Waals surface area (Å²) in [5, 5.41) is 12.5. The zero-order valence-corrected chi connectivity index (χ0v) is 10.5. The lowest BCUT2D eigenvalue weighted by molar-refractivity contribution is 0.244. The van der Waals surface area contributed by atoms with Crippen molar-refractivity contribution in [3.8, 4) is 0 Å². The third kappa shape index (κ3) is 4.33. The number of hydrogen-bond donors (Lipinski definition) is 2. The summed E-state index contributed by atoms with van der Waals surface area (Å²) in [6.07, 6.45) is 0.823. The molecule has 0 fully saturated rings. The highest BCUT2D eigenvalue weighted by atomic mass is 16.3. The third-order valence-corrected chi connectivity index (χ3v) is 2.90. The highest BCUT2D eigenvalue weighted by Crippen LogP contribution is 2.08. The van der Waals surface area contributed by atoms with E-state index in [0.29, 0.717) is 12.0 Å². The molecular weight excluding hydrogens is 198 g/mol. The fourth-order valence-electron chi connectivity index (χ4n) is 1.88. The Morgan fingerprint density at radius 3 is 2.62 bits per heavy atom. The second kappa shape index (κ2) is 6.66. The normalized spacial score (nSPS) is 13.1. The van der Waals surface area contributed by atoms with Crippen molar-refractivity contribution >= 4 is 0 Å². The number of rotatable bonds is 6. The number of nitrogens with one attached hydrogen (secondary N) is 1. The highest BCUT2D eigenvalue weighted by molar-refractivity contribution is 5.22. The Labute approximate surface area is 98.7 Å². The summed E-state index contributed by atoms with van der Waals surface area (Å²) in [5.41, 5.74) is 2.60. The van der Waals surface area contributed by atoms with Gasteiger partial charge in [-0.15, -0.1) is 0 Å². The number of aliphatic hydroxyl groups is 1. The Morgan fingerprint density at radius 1 is 1.31 bits per heavy atom. The monoisotopic (exact) mass is 221 g/mol. The summed E-state index contributed by atoms with van der Waals surface area (Å²) in [6.45, 7) is 7.61. The first kappa shape index (κ1) is 13.2. The molecule has 0 aromatic heterocycles. The summed E-state index contributed by atoms with van der Waals surface area (Å²) < 4.78 is 0. The first-order valence-electron chi connectivity index (χ1n) is 6.03. The molecule has 0 saturated heterocycles. The Kier molecular flexibility index (Phi) is 5.50. The van der Waals surface area contributed by atoms with Gasteiger partial charge in [-0.3, -0.25) is 0 Å². The maximum atomic E-state index is 8.99. The van der Waals surface area contributed by atoms with Crippen LogP contribution in [0.3, 0.4) is 0 Å². The molecule has 90 valence electrons. The molecule has 0 aliphatic carbocycles. The molecule has 1 rings (SSSR count). The molecule has 2 nitrogen and oxygen atoms in total. The molecule has 0 bridgehead atoms. The lowest BCUT2D eigenvalue weighted by atomic mass is 10.0. The lowest BCUT2D eigenvalue weighted by Gasteiger charge is -2.21. The minimum atomic E-state index is 0.254. The number of hydrogen-bond acceptors (Lipinski definition) is 2. The van der Waals surface area contributed by atoms with Crippen LogP contribution >= 0.6 is 0 Å². The number of aryl methyl sites for hydroxylation is 1. The van der Waals surface area contributed by atoms with Crippen LogP contribution in [0.5, 0.6) is 0 Å². The van der Waals surface area contributed by atoms with E-state index in [0.717, 1.165) is 13.0 Å². The van der Waals surface area contributed by atoms with Gasteiger partial charge in [0.15, 0.2) is 0 Å². The van der Waals surface area contributed by atoms with Gasteiger partial charge in [0.1, 0.15) is 0 Å². The van der Waals surface area contributed by atoms with Gasteiger partial charge in [-0.1, -0.05) is 43.7 Å². The molecule has 1 atom stereocenters. The number of benzene rings is 1. The van der Waals surface area contributed by atoms with E-state index in [-0.39, 0.29) is 6.61 Å². The van der Waals surface area contributed by atoms with E-state index >= 15 is 0 Å². The molecule has 16 heavy (non-hydrogen) atoms. The Hall–Kier alpha value is -0.860. The molecule has 2 N–H and O–H groups in total. The molecule has 0 aliphatic rings. The molecule has 1 aromatic carbocycles. The van der Waals surface area contributed by atoms with Crippen molar-refractivity contribution in [1.29, 1.82) is 0 Å². The molecule has 0 heterocycles. The Bertz CT molecular complexity index is 309. The van der Waals surface area contributed by atoms with Gasteiger partial charge >= 0.3 is 0 Å². The van der Waals surface area contributed by atoms with Crippen LogP contribution in [0.15, 0.2) is 24.3 Å². The molecule has 0 aliphatic heterocycles. The van der Waals surface area contributed by atoms with Gasteiger partial charge in [0.05, 0.1) is 0 Å². The van der Waals surface area contributed by atoms with E-state index in [4.69, 9.17) is 5.11 Å². The van der Waals surface area contributed by atoms with E-state index in [2.05, 4.69) is 50.4 Å². The maximum absolute atomic E-state index is 8.99. The molecule has 0 spiro atoms. The first-order valence-corrected chi connectivity index (χ1v) is 6.03. The predicted molar refractivity (Wildman–Crippen MR) is 68.3 cm³/mol. The van der Waals surface area contributed by atoms with Gasteiger partial charge < -0.3 is 10.4 Å². The zero-order chi connectivity index (χ0) is 12.0. The van der Waals surface area contributed by atoms with Crippen molar-refractivity contribution in [3.05, 3.63) is 35.4 Å². The average molecular weight is 221 g/mol. The zero-order valence-electron chi connectivity index (χ0n) is 10.5. The van der Waals surface area contributed by atoms with Crippen molar-refractivity contribution in [3.63, 3.8) is 0 Å². The van der Waals surface area contributed by atoms with Crippen molar-refractivity contribution < 1.29 is 5.11 Å². The SMILES string of the molecule is Cc1cccc(CNC(CCO)C(C)C)c1. The lowest BCUT2D eigenvalue weighted by Crippen LogP contribution is -2.34. The summed E-state index contributed by atoms with van der Waals surface area (Å²) in [4.78, 5) is 0. The molecule has 0 radical (unpaired) electrons. The van der Waals surface area contributed by atoms with Crippen LogP contribution in [-0.4, -0.2) is 17.8 Å². The van der Waals surface area contributed by atoms with E-state index in [9.17, 15) is 0 Å². The average Bonchev–Trinajstić information content (AvgIpc) is 2.24. The molecule has 2 heteroatoms. The standard InChI is InChI=1S/C14H23NO/c1-11(2)14(7-8-16)15-10-13-6-4-5-12(3)9-13/h4-6,9,11,14-16H,7-8,10H2,1-3H3. The smallest absolute Gasteiger partial charge is 0.0445 e.